The number of rotatable bonds is 3. The number of carbonyl (C=O) groups is 2. The molecular weight excluding hydrogens is 314 g/mol. The van der Waals surface area contributed by atoms with Crippen molar-refractivity contribution in [2.75, 3.05) is 18.0 Å². The van der Waals surface area contributed by atoms with E-state index in [1.807, 2.05) is 47.4 Å². The maximum absolute atomic E-state index is 13.1. The van der Waals surface area contributed by atoms with Crippen molar-refractivity contribution in [2.45, 2.75) is 25.3 Å². The van der Waals surface area contributed by atoms with E-state index in [4.69, 9.17) is 0 Å². The third-order valence-corrected chi connectivity index (χ3v) is 5.17. The van der Waals surface area contributed by atoms with Crippen molar-refractivity contribution in [1.29, 1.82) is 0 Å². The minimum atomic E-state index is -0.254. The lowest BCUT2D eigenvalue weighted by molar-refractivity contribution is -0.136. The number of benzene rings is 1. The molecule has 1 aromatic heterocycles. The predicted molar refractivity (Wildman–Crippen MR) is 94.8 cm³/mol. The smallest absolute Gasteiger partial charge is 0.228 e. The van der Waals surface area contributed by atoms with Gasteiger partial charge in [0.1, 0.15) is 0 Å². The number of amides is 2. The molecule has 0 spiro atoms. The summed E-state index contributed by atoms with van der Waals surface area (Å²) in [6, 6.07) is 13.7. The van der Waals surface area contributed by atoms with Crippen LogP contribution in [0, 0.1) is 5.92 Å². The van der Waals surface area contributed by atoms with E-state index in [-0.39, 0.29) is 23.8 Å². The molecule has 0 saturated carbocycles. The zero-order chi connectivity index (χ0) is 17.2. The van der Waals surface area contributed by atoms with Crippen LogP contribution in [0.25, 0.3) is 0 Å². The molecule has 128 valence electrons. The molecule has 5 nitrogen and oxygen atoms in total. The van der Waals surface area contributed by atoms with Gasteiger partial charge >= 0.3 is 0 Å². The Balaban J connectivity index is 1.50. The summed E-state index contributed by atoms with van der Waals surface area (Å²) in [5.74, 6) is -0.120. The van der Waals surface area contributed by atoms with Crippen LogP contribution in [0.1, 0.15) is 30.9 Å². The van der Waals surface area contributed by atoms with Crippen molar-refractivity contribution in [1.82, 2.24) is 9.88 Å². The number of aromatic nitrogens is 1. The Kier molecular flexibility index (Phi) is 4.22. The molecule has 2 amide bonds. The van der Waals surface area contributed by atoms with Crippen LogP contribution < -0.4 is 4.90 Å². The molecule has 25 heavy (non-hydrogen) atoms. The van der Waals surface area contributed by atoms with E-state index < -0.39 is 0 Å². The van der Waals surface area contributed by atoms with Crippen molar-refractivity contribution in [3.63, 3.8) is 0 Å². The molecule has 1 aromatic carbocycles. The molecule has 0 radical (unpaired) electrons. The SMILES string of the molecule is O=C1CC(C(=O)N2CCCC2c2ccncc2)CN1c1ccccc1. The summed E-state index contributed by atoms with van der Waals surface area (Å²) in [6.07, 6.45) is 5.81. The van der Waals surface area contributed by atoms with Gasteiger partial charge in [0.05, 0.1) is 12.0 Å². The Bertz CT molecular complexity index is 763. The predicted octanol–water partition coefficient (Wildman–Crippen LogP) is 2.80. The minimum absolute atomic E-state index is 0.0317. The average Bonchev–Trinajstić information content (AvgIpc) is 3.29. The quantitative estimate of drug-likeness (QED) is 0.867. The highest BCUT2D eigenvalue weighted by atomic mass is 16.2. The standard InChI is InChI=1S/C20H21N3O2/c24-19-13-16(14-23(19)17-5-2-1-3-6-17)20(25)22-12-4-7-18(22)15-8-10-21-11-9-15/h1-3,5-6,8-11,16,18H,4,7,12-14H2. The van der Waals surface area contributed by atoms with Gasteiger partial charge in [0.15, 0.2) is 0 Å². The van der Waals surface area contributed by atoms with Crippen LogP contribution in [0.5, 0.6) is 0 Å². The van der Waals surface area contributed by atoms with Crippen LogP contribution in [0.2, 0.25) is 0 Å². The van der Waals surface area contributed by atoms with Crippen molar-refractivity contribution in [3.05, 3.63) is 60.4 Å². The first-order valence-corrected chi connectivity index (χ1v) is 8.80. The van der Waals surface area contributed by atoms with E-state index in [0.717, 1.165) is 30.6 Å². The van der Waals surface area contributed by atoms with Gasteiger partial charge in [0, 0.05) is 37.6 Å². The van der Waals surface area contributed by atoms with Crippen molar-refractivity contribution in [2.24, 2.45) is 5.92 Å². The fourth-order valence-electron chi connectivity index (χ4n) is 3.93. The van der Waals surface area contributed by atoms with Gasteiger partial charge in [-0.1, -0.05) is 18.2 Å². The maximum Gasteiger partial charge on any atom is 0.228 e. The van der Waals surface area contributed by atoms with Crippen LogP contribution >= 0.6 is 0 Å². The first-order valence-electron chi connectivity index (χ1n) is 8.80. The van der Waals surface area contributed by atoms with Crippen LogP contribution in [0.3, 0.4) is 0 Å². The summed E-state index contributed by atoms with van der Waals surface area (Å²) in [7, 11) is 0. The molecule has 2 aliphatic rings. The van der Waals surface area contributed by atoms with Gasteiger partial charge in [-0.25, -0.2) is 0 Å². The molecule has 2 aliphatic heterocycles. The van der Waals surface area contributed by atoms with E-state index >= 15 is 0 Å². The number of pyridine rings is 1. The highest BCUT2D eigenvalue weighted by Crippen LogP contribution is 2.35. The summed E-state index contributed by atoms with van der Waals surface area (Å²) < 4.78 is 0. The van der Waals surface area contributed by atoms with Gasteiger partial charge in [-0.05, 0) is 42.7 Å². The van der Waals surface area contributed by atoms with Gasteiger partial charge in [-0.3, -0.25) is 14.6 Å². The van der Waals surface area contributed by atoms with Gasteiger partial charge < -0.3 is 9.80 Å². The van der Waals surface area contributed by atoms with E-state index in [1.165, 1.54) is 0 Å². The Morgan fingerprint density at radius 2 is 1.84 bits per heavy atom. The lowest BCUT2D eigenvalue weighted by Crippen LogP contribution is -2.37. The fraction of sp³-hybridized carbons (Fsp3) is 0.350. The summed E-state index contributed by atoms with van der Waals surface area (Å²) in [6.45, 7) is 1.24. The Labute approximate surface area is 147 Å². The average molecular weight is 335 g/mol. The molecular formula is C20H21N3O2. The zero-order valence-electron chi connectivity index (χ0n) is 14.0. The zero-order valence-corrected chi connectivity index (χ0v) is 14.0. The lowest BCUT2D eigenvalue weighted by Gasteiger charge is -2.27. The first-order chi connectivity index (χ1) is 12.2. The summed E-state index contributed by atoms with van der Waals surface area (Å²) in [4.78, 5) is 33.2. The second-order valence-corrected chi connectivity index (χ2v) is 6.71. The largest absolute Gasteiger partial charge is 0.335 e. The molecule has 2 unspecified atom stereocenters. The van der Waals surface area contributed by atoms with Crippen molar-refractivity contribution < 1.29 is 9.59 Å². The summed E-state index contributed by atoms with van der Waals surface area (Å²) in [5, 5.41) is 0. The molecule has 4 rings (SSSR count). The highest BCUT2D eigenvalue weighted by Gasteiger charge is 2.40. The third-order valence-electron chi connectivity index (χ3n) is 5.17. The maximum atomic E-state index is 13.1. The van der Waals surface area contributed by atoms with Crippen LogP contribution in [0.4, 0.5) is 5.69 Å². The van der Waals surface area contributed by atoms with E-state index in [1.54, 1.807) is 17.3 Å². The molecule has 0 aliphatic carbocycles. The minimum Gasteiger partial charge on any atom is -0.335 e. The third kappa shape index (κ3) is 3.02. The summed E-state index contributed by atoms with van der Waals surface area (Å²) in [5.41, 5.74) is 2.00. The van der Waals surface area contributed by atoms with Gasteiger partial charge in [0.2, 0.25) is 11.8 Å². The summed E-state index contributed by atoms with van der Waals surface area (Å²) >= 11 is 0. The topological polar surface area (TPSA) is 53.5 Å². The Morgan fingerprint density at radius 1 is 1.08 bits per heavy atom. The molecule has 0 N–H and O–H groups in total. The van der Waals surface area contributed by atoms with Crippen LogP contribution in [-0.2, 0) is 9.59 Å². The van der Waals surface area contributed by atoms with Crippen LogP contribution in [-0.4, -0.2) is 34.8 Å². The van der Waals surface area contributed by atoms with Crippen molar-refractivity contribution in [3.8, 4) is 0 Å². The molecule has 2 atom stereocenters. The number of para-hydroxylation sites is 1. The van der Waals surface area contributed by atoms with Crippen molar-refractivity contribution >= 4 is 17.5 Å². The van der Waals surface area contributed by atoms with Gasteiger partial charge in [0.25, 0.3) is 0 Å². The molecule has 2 saturated heterocycles. The van der Waals surface area contributed by atoms with Gasteiger partial charge in [-0.15, -0.1) is 0 Å². The molecule has 5 heteroatoms. The second kappa shape index (κ2) is 6.67. The Morgan fingerprint density at radius 3 is 2.60 bits per heavy atom. The number of hydrogen-bond donors (Lipinski definition) is 0. The van der Waals surface area contributed by atoms with E-state index in [9.17, 15) is 9.59 Å². The van der Waals surface area contributed by atoms with E-state index in [2.05, 4.69) is 4.98 Å². The molecule has 2 fully saturated rings. The highest BCUT2D eigenvalue weighted by molar-refractivity contribution is 6.00. The lowest BCUT2D eigenvalue weighted by atomic mass is 10.0. The number of likely N-dealkylation sites (tertiary alicyclic amines) is 1. The number of anilines is 1. The number of nitrogens with zero attached hydrogens (tertiary/aromatic N) is 3. The number of hydrogen-bond acceptors (Lipinski definition) is 3. The van der Waals surface area contributed by atoms with Crippen LogP contribution in [0.15, 0.2) is 54.9 Å². The monoisotopic (exact) mass is 335 g/mol. The number of carbonyl (C=O) groups excluding carboxylic acids is 2. The second-order valence-electron chi connectivity index (χ2n) is 6.71. The first kappa shape index (κ1) is 15.8. The normalized spacial score (nSPS) is 23.3. The van der Waals surface area contributed by atoms with Gasteiger partial charge in [-0.2, -0.15) is 0 Å². The molecule has 3 heterocycles. The molecule has 2 aromatic rings. The fourth-order valence-corrected chi connectivity index (χ4v) is 3.93. The van der Waals surface area contributed by atoms with E-state index in [0.29, 0.717) is 13.0 Å². The molecule has 0 bridgehead atoms. The Hall–Kier alpha value is -2.69.